The molecule has 6 heteroatoms. The fourth-order valence-corrected chi connectivity index (χ4v) is 1.73. The van der Waals surface area contributed by atoms with Gasteiger partial charge in [-0.25, -0.2) is 0 Å². The van der Waals surface area contributed by atoms with Crippen molar-refractivity contribution in [1.29, 1.82) is 0 Å². The zero-order valence-electron chi connectivity index (χ0n) is 10.6. The predicted molar refractivity (Wildman–Crippen MR) is 74.2 cm³/mol. The molecule has 2 N–H and O–H groups in total. The predicted octanol–water partition coefficient (Wildman–Crippen LogP) is 1.19. The SMILES string of the molecule is CN(C)C(=O)CN(C)C(=O)c1ccc(Br)cc1N. The number of anilines is 1. The first-order valence-electron chi connectivity index (χ1n) is 5.33. The monoisotopic (exact) mass is 313 g/mol. The fraction of sp³-hybridized carbons (Fsp3) is 0.333. The minimum atomic E-state index is -0.268. The summed E-state index contributed by atoms with van der Waals surface area (Å²) in [6, 6.07) is 5.04. The van der Waals surface area contributed by atoms with Crippen LogP contribution in [0.3, 0.4) is 0 Å². The van der Waals surface area contributed by atoms with Gasteiger partial charge in [0.15, 0.2) is 0 Å². The van der Waals surface area contributed by atoms with E-state index < -0.39 is 0 Å². The molecule has 0 unspecified atom stereocenters. The summed E-state index contributed by atoms with van der Waals surface area (Å²) in [5.41, 5.74) is 6.56. The third kappa shape index (κ3) is 3.46. The minimum absolute atomic E-state index is 0.0291. The van der Waals surface area contributed by atoms with Crippen LogP contribution in [0.2, 0.25) is 0 Å². The second-order valence-corrected chi connectivity index (χ2v) is 5.10. The molecule has 0 saturated heterocycles. The molecule has 0 spiro atoms. The van der Waals surface area contributed by atoms with Gasteiger partial charge in [0.2, 0.25) is 5.91 Å². The zero-order valence-corrected chi connectivity index (χ0v) is 12.2. The second kappa shape index (κ2) is 5.86. The quantitative estimate of drug-likeness (QED) is 0.852. The summed E-state index contributed by atoms with van der Waals surface area (Å²) in [5, 5.41) is 0. The molecule has 0 atom stereocenters. The highest BCUT2D eigenvalue weighted by Gasteiger charge is 2.17. The Bertz CT molecular complexity index is 474. The summed E-state index contributed by atoms with van der Waals surface area (Å²) in [4.78, 5) is 26.4. The molecule has 0 aromatic heterocycles. The smallest absolute Gasteiger partial charge is 0.256 e. The Kier molecular flexibility index (Phi) is 4.72. The van der Waals surface area contributed by atoms with Crippen LogP contribution in [0, 0.1) is 0 Å². The Morgan fingerprint density at radius 1 is 1.28 bits per heavy atom. The largest absolute Gasteiger partial charge is 0.398 e. The van der Waals surface area contributed by atoms with E-state index in [0.717, 1.165) is 4.47 Å². The van der Waals surface area contributed by atoms with Crippen molar-refractivity contribution in [2.45, 2.75) is 0 Å². The maximum Gasteiger partial charge on any atom is 0.256 e. The van der Waals surface area contributed by atoms with Crippen molar-refractivity contribution < 1.29 is 9.59 Å². The Balaban J connectivity index is 2.84. The lowest BCUT2D eigenvalue weighted by Gasteiger charge is -2.20. The fourth-order valence-electron chi connectivity index (χ4n) is 1.35. The zero-order chi connectivity index (χ0) is 13.9. The maximum absolute atomic E-state index is 12.1. The summed E-state index contributed by atoms with van der Waals surface area (Å²) >= 11 is 3.28. The lowest BCUT2D eigenvalue weighted by Crippen LogP contribution is -2.38. The Morgan fingerprint density at radius 3 is 2.39 bits per heavy atom. The minimum Gasteiger partial charge on any atom is -0.398 e. The third-order valence-electron chi connectivity index (χ3n) is 2.46. The van der Waals surface area contributed by atoms with Crippen molar-refractivity contribution in [3.05, 3.63) is 28.2 Å². The number of amides is 2. The molecule has 0 heterocycles. The molecule has 0 fully saturated rings. The van der Waals surface area contributed by atoms with Gasteiger partial charge in [0.05, 0.1) is 12.1 Å². The lowest BCUT2D eigenvalue weighted by molar-refractivity contribution is -0.129. The molecule has 1 aromatic carbocycles. The molecule has 98 valence electrons. The van der Waals surface area contributed by atoms with Crippen molar-refractivity contribution in [2.24, 2.45) is 0 Å². The number of carbonyl (C=O) groups excluding carboxylic acids is 2. The summed E-state index contributed by atoms with van der Waals surface area (Å²) < 4.78 is 0.809. The number of nitrogens with two attached hydrogens (primary N) is 1. The normalized spacial score (nSPS) is 10.0. The summed E-state index contributed by atoms with van der Waals surface area (Å²) in [6.45, 7) is 0.0291. The van der Waals surface area contributed by atoms with E-state index in [1.54, 1.807) is 39.3 Å². The first-order chi connectivity index (χ1) is 8.32. The van der Waals surface area contributed by atoms with Crippen LogP contribution in [0.15, 0.2) is 22.7 Å². The van der Waals surface area contributed by atoms with Gasteiger partial charge >= 0.3 is 0 Å². The molecule has 0 saturated carbocycles. The van der Waals surface area contributed by atoms with Crippen molar-refractivity contribution in [3.63, 3.8) is 0 Å². The standard InChI is InChI=1S/C12H16BrN3O2/c1-15(2)11(17)7-16(3)12(18)9-5-4-8(13)6-10(9)14/h4-6H,7,14H2,1-3H3. The van der Waals surface area contributed by atoms with E-state index in [1.165, 1.54) is 9.80 Å². The molecule has 0 aliphatic rings. The molecule has 2 amide bonds. The molecule has 0 radical (unpaired) electrons. The van der Waals surface area contributed by atoms with Crippen molar-refractivity contribution in [1.82, 2.24) is 9.80 Å². The van der Waals surface area contributed by atoms with Crippen LogP contribution in [0.4, 0.5) is 5.69 Å². The molecule has 0 aliphatic heterocycles. The van der Waals surface area contributed by atoms with Crippen LogP contribution in [0.25, 0.3) is 0 Å². The molecular weight excluding hydrogens is 298 g/mol. The average Bonchev–Trinajstić information content (AvgIpc) is 2.27. The van der Waals surface area contributed by atoms with Gasteiger partial charge in [-0.05, 0) is 18.2 Å². The maximum atomic E-state index is 12.1. The number of rotatable bonds is 3. The number of benzene rings is 1. The molecule has 0 bridgehead atoms. The van der Waals surface area contributed by atoms with E-state index in [9.17, 15) is 9.59 Å². The molecule has 18 heavy (non-hydrogen) atoms. The van der Waals surface area contributed by atoms with Gasteiger partial charge in [-0.15, -0.1) is 0 Å². The first-order valence-corrected chi connectivity index (χ1v) is 6.13. The number of halogens is 1. The lowest BCUT2D eigenvalue weighted by atomic mass is 10.1. The van der Waals surface area contributed by atoms with E-state index in [0.29, 0.717) is 11.3 Å². The van der Waals surface area contributed by atoms with Crippen LogP contribution < -0.4 is 5.73 Å². The summed E-state index contributed by atoms with van der Waals surface area (Å²) in [6.07, 6.45) is 0. The molecular formula is C12H16BrN3O2. The summed E-state index contributed by atoms with van der Waals surface area (Å²) in [5.74, 6) is -0.406. The van der Waals surface area contributed by atoms with Gasteiger partial charge in [-0.3, -0.25) is 9.59 Å². The third-order valence-corrected chi connectivity index (χ3v) is 2.96. The van der Waals surface area contributed by atoms with Crippen LogP contribution in [-0.4, -0.2) is 49.3 Å². The average molecular weight is 314 g/mol. The molecule has 1 aromatic rings. The van der Waals surface area contributed by atoms with E-state index >= 15 is 0 Å². The Labute approximate surface area is 115 Å². The van der Waals surface area contributed by atoms with Gasteiger partial charge in [0.25, 0.3) is 5.91 Å². The van der Waals surface area contributed by atoms with Crippen LogP contribution in [0.1, 0.15) is 10.4 Å². The van der Waals surface area contributed by atoms with Gasteiger partial charge in [0.1, 0.15) is 0 Å². The van der Waals surface area contributed by atoms with E-state index in [-0.39, 0.29) is 18.4 Å². The molecule has 1 rings (SSSR count). The van der Waals surface area contributed by atoms with Crippen molar-refractivity contribution >= 4 is 33.4 Å². The summed E-state index contributed by atoms with van der Waals surface area (Å²) in [7, 11) is 4.87. The van der Waals surface area contributed by atoms with E-state index in [2.05, 4.69) is 15.9 Å². The van der Waals surface area contributed by atoms with Crippen LogP contribution >= 0.6 is 15.9 Å². The highest BCUT2D eigenvalue weighted by Crippen LogP contribution is 2.19. The topological polar surface area (TPSA) is 66.6 Å². The first kappa shape index (κ1) is 14.5. The number of hydrogen-bond acceptors (Lipinski definition) is 3. The van der Waals surface area contributed by atoms with Crippen LogP contribution in [-0.2, 0) is 4.79 Å². The highest BCUT2D eigenvalue weighted by atomic mass is 79.9. The van der Waals surface area contributed by atoms with Gasteiger partial charge in [-0.1, -0.05) is 15.9 Å². The van der Waals surface area contributed by atoms with Crippen LogP contribution in [0.5, 0.6) is 0 Å². The number of nitrogen functional groups attached to an aromatic ring is 1. The van der Waals surface area contributed by atoms with Crippen molar-refractivity contribution in [3.8, 4) is 0 Å². The molecule has 0 aliphatic carbocycles. The van der Waals surface area contributed by atoms with E-state index in [4.69, 9.17) is 5.73 Å². The van der Waals surface area contributed by atoms with Gasteiger partial charge in [-0.2, -0.15) is 0 Å². The number of hydrogen-bond donors (Lipinski definition) is 1. The highest BCUT2D eigenvalue weighted by molar-refractivity contribution is 9.10. The Hall–Kier alpha value is -1.56. The number of nitrogens with zero attached hydrogens (tertiary/aromatic N) is 2. The molecule has 5 nitrogen and oxygen atoms in total. The number of likely N-dealkylation sites (N-methyl/N-ethyl adjacent to an activating group) is 2. The Morgan fingerprint density at radius 2 is 1.89 bits per heavy atom. The number of carbonyl (C=O) groups is 2. The van der Waals surface area contributed by atoms with Gasteiger partial charge < -0.3 is 15.5 Å². The van der Waals surface area contributed by atoms with Gasteiger partial charge in [0, 0.05) is 31.3 Å². The second-order valence-electron chi connectivity index (χ2n) is 4.18. The van der Waals surface area contributed by atoms with Crippen molar-refractivity contribution in [2.75, 3.05) is 33.4 Å². The van der Waals surface area contributed by atoms with E-state index in [1.807, 2.05) is 0 Å².